The lowest BCUT2D eigenvalue weighted by atomic mass is 10.2. The third kappa shape index (κ3) is 6.38. The van der Waals surface area contributed by atoms with Crippen molar-refractivity contribution in [2.45, 2.75) is 39.5 Å². The number of rotatable bonds is 9. The van der Waals surface area contributed by atoms with Crippen LogP contribution in [0.15, 0.2) is 41.5 Å². The van der Waals surface area contributed by atoms with Gasteiger partial charge in [-0.1, -0.05) is 26.7 Å². The van der Waals surface area contributed by atoms with Gasteiger partial charge < -0.3 is 9.80 Å². The van der Waals surface area contributed by atoms with Crippen LogP contribution in [0.5, 0.6) is 0 Å². The maximum atomic E-state index is 12.4. The van der Waals surface area contributed by atoms with Gasteiger partial charge in [0.05, 0.1) is 6.20 Å². The Morgan fingerprint density at radius 3 is 2.24 bits per heavy atom. The minimum atomic E-state index is 0.146. The molecule has 1 amide bonds. The van der Waals surface area contributed by atoms with Crippen molar-refractivity contribution in [3.63, 3.8) is 0 Å². The van der Waals surface area contributed by atoms with Gasteiger partial charge in [-0.15, -0.1) is 4.91 Å². The molecule has 0 aromatic heterocycles. The molecular formula is C16H25N3O2. The zero-order chi connectivity index (χ0) is 15.5. The summed E-state index contributed by atoms with van der Waals surface area (Å²) < 4.78 is 0. The van der Waals surface area contributed by atoms with Gasteiger partial charge in [0, 0.05) is 25.5 Å². The molecule has 1 aliphatic heterocycles. The maximum Gasteiger partial charge on any atom is 0.242 e. The fraction of sp³-hybridized carbons (Fsp3) is 0.562. The van der Waals surface area contributed by atoms with E-state index < -0.39 is 0 Å². The predicted octanol–water partition coefficient (Wildman–Crippen LogP) is 3.41. The minimum absolute atomic E-state index is 0.146. The topological polar surface area (TPSA) is 53.0 Å². The SMILES string of the molecule is CCCCN(CCCC)C(=O)CN1C=CC(=CN=O)C=C1. The molecule has 0 fully saturated rings. The molecule has 0 atom stereocenters. The van der Waals surface area contributed by atoms with Gasteiger partial charge in [0.2, 0.25) is 5.91 Å². The molecule has 116 valence electrons. The first-order valence-electron chi connectivity index (χ1n) is 7.63. The van der Waals surface area contributed by atoms with Crippen LogP contribution in [0.2, 0.25) is 0 Å². The van der Waals surface area contributed by atoms with Crippen molar-refractivity contribution in [1.82, 2.24) is 9.80 Å². The van der Waals surface area contributed by atoms with E-state index in [1.54, 1.807) is 24.6 Å². The lowest BCUT2D eigenvalue weighted by molar-refractivity contribution is -0.131. The molecule has 0 aliphatic carbocycles. The number of amides is 1. The normalized spacial score (nSPS) is 13.4. The van der Waals surface area contributed by atoms with Crippen LogP contribution in [0.25, 0.3) is 0 Å². The van der Waals surface area contributed by atoms with Crippen LogP contribution < -0.4 is 0 Å². The fourth-order valence-corrected chi connectivity index (χ4v) is 2.04. The molecule has 5 nitrogen and oxygen atoms in total. The summed E-state index contributed by atoms with van der Waals surface area (Å²) in [6, 6.07) is 0. The Kier molecular flexibility index (Phi) is 8.09. The smallest absolute Gasteiger partial charge is 0.242 e. The number of carbonyl (C=O) groups is 1. The van der Waals surface area contributed by atoms with Crippen LogP contribution in [-0.4, -0.2) is 35.3 Å². The molecule has 21 heavy (non-hydrogen) atoms. The van der Waals surface area contributed by atoms with Gasteiger partial charge in [-0.05, 0) is 35.7 Å². The summed E-state index contributed by atoms with van der Waals surface area (Å²) in [5.74, 6) is 0.146. The van der Waals surface area contributed by atoms with Gasteiger partial charge in [-0.2, -0.15) is 0 Å². The first-order chi connectivity index (χ1) is 10.2. The molecule has 1 heterocycles. The highest BCUT2D eigenvalue weighted by molar-refractivity contribution is 5.78. The second-order valence-corrected chi connectivity index (χ2v) is 5.13. The molecular weight excluding hydrogens is 266 g/mol. The first kappa shape index (κ1) is 17.1. The van der Waals surface area contributed by atoms with Gasteiger partial charge in [-0.3, -0.25) is 4.79 Å². The van der Waals surface area contributed by atoms with Gasteiger partial charge in [0.25, 0.3) is 0 Å². The number of nitrogens with zero attached hydrogens (tertiary/aromatic N) is 3. The van der Waals surface area contributed by atoms with E-state index in [0.717, 1.165) is 44.3 Å². The Labute approximate surface area is 127 Å². The molecule has 0 spiro atoms. The lowest BCUT2D eigenvalue weighted by Gasteiger charge is -2.26. The summed E-state index contributed by atoms with van der Waals surface area (Å²) in [5, 5.41) is 2.73. The van der Waals surface area contributed by atoms with Gasteiger partial charge in [0.15, 0.2) is 0 Å². The highest BCUT2D eigenvalue weighted by atomic mass is 16.2. The highest BCUT2D eigenvalue weighted by Crippen LogP contribution is 2.10. The minimum Gasteiger partial charge on any atom is -0.345 e. The third-order valence-electron chi connectivity index (χ3n) is 3.35. The van der Waals surface area contributed by atoms with Crippen LogP contribution in [0, 0.1) is 4.91 Å². The third-order valence-corrected chi connectivity index (χ3v) is 3.35. The Morgan fingerprint density at radius 2 is 1.76 bits per heavy atom. The van der Waals surface area contributed by atoms with Crippen LogP contribution >= 0.6 is 0 Å². The van der Waals surface area contributed by atoms with Crippen LogP contribution in [-0.2, 0) is 4.79 Å². The monoisotopic (exact) mass is 291 g/mol. The summed E-state index contributed by atoms with van der Waals surface area (Å²) in [6.45, 7) is 6.26. The Morgan fingerprint density at radius 1 is 1.19 bits per heavy atom. The van der Waals surface area contributed by atoms with Crippen LogP contribution in [0.3, 0.4) is 0 Å². The van der Waals surface area contributed by atoms with E-state index in [-0.39, 0.29) is 5.91 Å². The first-order valence-corrected chi connectivity index (χ1v) is 7.63. The van der Waals surface area contributed by atoms with Crippen LogP contribution in [0.4, 0.5) is 0 Å². The predicted molar refractivity (Wildman–Crippen MR) is 85.3 cm³/mol. The Hall–Kier alpha value is -1.91. The molecule has 0 unspecified atom stereocenters. The molecule has 0 saturated carbocycles. The summed E-state index contributed by atoms with van der Waals surface area (Å²) in [7, 11) is 0. The molecule has 5 heteroatoms. The molecule has 1 rings (SSSR count). The van der Waals surface area contributed by atoms with Gasteiger partial charge in [-0.25, -0.2) is 0 Å². The van der Waals surface area contributed by atoms with E-state index in [9.17, 15) is 9.70 Å². The quantitative estimate of drug-likeness (QED) is 0.612. The summed E-state index contributed by atoms with van der Waals surface area (Å²) in [6.07, 6.45) is 12.7. The second-order valence-electron chi connectivity index (χ2n) is 5.13. The van der Waals surface area contributed by atoms with Crippen molar-refractivity contribution in [3.8, 4) is 0 Å². The summed E-state index contributed by atoms with van der Waals surface area (Å²) >= 11 is 0. The largest absolute Gasteiger partial charge is 0.345 e. The zero-order valence-corrected chi connectivity index (χ0v) is 13.0. The number of hydrogen-bond donors (Lipinski definition) is 0. The number of carbonyl (C=O) groups excluding carboxylic acids is 1. The van der Waals surface area contributed by atoms with Crippen molar-refractivity contribution >= 4 is 5.91 Å². The van der Waals surface area contributed by atoms with Gasteiger partial charge >= 0.3 is 0 Å². The average Bonchev–Trinajstić information content (AvgIpc) is 2.49. The molecule has 0 radical (unpaired) electrons. The molecule has 0 aromatic rings. The molecule has 0 bridgehead atoms. The van der Waals surface area contributed by atoms with E-state index >= 15 is 0 Å². The standard InChI is InChI=1S/C16H25N3O2/c1-3-5-9-19(10-6-4-2)16(20)14-18-11-7-15(8-12-18)13-17-21/h7-8,11-13H,3-6,9-10,14H2,1-2H3. The summed E-state index contributed by atoms with van der Waals surface area (Å²) in [5.41, 5.74) is 0.738. The van der Waals surface area contributed by atoms with Crippen molar-refractivity contribution < 1.29 is 4.79 Å². The second kappa shape index (κ2) is 9.91. The highest BCUT2D eigenvalue weighted by Gasteiger charge is 2.15. The zero-order valence-electron chi connectivity index (χ0n) is 13.0. The Balaban J connectivity index is 2.53. The van der Waals surface area contributed by atoms with Crippen LogP contribution in [0.1, 0.15) is 39.5 Å². The maximum absolute atomic E-state index is 12.4. The van der Waals surface area contributed by atoms with E-state index in [1.165, 1.54) is 6.20 Å². The molecule has 0 saturated heterocycles. The van der Waals surface area contributed by atoms with Crippen molar-refractivity contribution in [2.24, 2.45) is 5.18 Å². The van der Waals surface area contributed by atoms with Crippen molar-refractivity contribution in [2.75, 3.05) is 19.6 Å². The average molecular weight is 291 g/mol. The number of hydrogen-bond acceptors (Lipinski definition) is 4. The molecule has 1 aliphatic rings. The Bertz CT molecular complexity index is 403. The van der Waals surface area contributed by atoms with E-state index in [2.05, 4.69) is 19.0 Å². The van der Waals surface area contributed by atoms with E-state index in [0.29, 0.717) is 6.54 Å². The number of unbranched alkanes of at least 4 members (excludes halogenated alkanes) is 2. The summed E-state index contributed by atoms with van der Waals surface area (Å²) in [4.78, 5) is 26.3. The lowest BCUT2D eigenvalue weighted by Crippen LogP contribution is -2.38. The number of nitroso groups, excluding NO2 is 1. The number of allylic oxidation sites excluding steroid dienone is 3. The molecule has 0 N–H and O–H groups in total. The van der Waals surface area contributed by atoms with E-state index in [1.807, 2.05) is 9.80 Å². The van der Waals surface area contributed by atoms with E-state index in [4.69, 9.17) is 0 Å². The van der Waals surface area contributed by atoms with Crippen molar-refractivity contribution in [1.29, 1.82) is 0 Å². The van der Waals surface area contributed by atoms with Gasteiger partial charge in [0.1, 0.15) is 6.54 Å². The van der Waals surface area contributed by atoms with Crippen molar-refractivity contribution in [3.05, 3.63) is 41.2 Å². The fourth-order valence-electron chi connectivity index (χ4n) is 2.04. The molecule has 0 aromatic carbocycles.